The van der Waals surface area contributed by atoms with E-state index >= 15 is 0 Å². The highest BCUT2D eigenvalue weighted by Gasteiger charge is 2.34. The second-order valence-corrected chi connectivity index (χ2v) is 6.43. The molecule has 0 aliphatic rings. The first-order chi connectivity index (χ1) is 7.88. The van der Waals surface area contributed by atoms with Crippen LogP contribution in [0.25, 0.3) is 0 Å². The van der Waals surface area contributed by atoms with Crippen molar-refractivity contribution < 1.29 is 0 Å². The van der Waals surface area contributed by atoms with Crippen LogP contribution in [0.4, 0.5) is 0 Å². The largest absolute Gasteiger partial charge is 0.271 e. The minimum Gasteiger partial charge on any atom is -0.271 e. The SMILES string of the molecule is Cc1nn(C)c(CC(CBr)(CBr)C(C)C)c1Cl. The molecule has 0 radical (unpaired) electrons. The van der Waals surface area contributed by atoms with Crippen molar-refractivity contribution in [3.8, 4) is 0 Å². The van der Waals surface area contributed by atoms with Crippen LogP contribution in [0, 0.1) is 18.3 Å². The highest BCUT2D eigenvalue weighted by Crippen LogP contribution is 2.37. The fraction of sp³-hybridized carbons (Fsp3) is 0.750. The Morgan fingerprint density at radius 2 is 1.88 bits per heavy atom. The third kappa shape index (κ3) is 3.07. The first-order valence-corrected chi connectivity index (χ1v) is 8.30. The lowest BCUT2D eigenvalue weighted by Crippen LogP contribution is -2.34. The van der Waals surface area contributed by atoms with E-state index in [1.54, 1.807) is 0 Å². The summed E-state index contributed by atoms with van der Waals surface area (Å²) in [7, 11) is 1.96. The molecule has 2 nitrogen and oxygen atoms in total. The lowest BCUT2D eigenvalue weighted by atomic mass is 9.77. The monoisotopic (exact) mass is 384 g/mol. The molecule has 1 rings (SSSR count). The minimum atomic E-state index is 0.171. The summed E-state index contributed by atoms with van der Waals surface area (Å²) in [5.41, 5.74) is 2.20. The van der Waals surface area contributed by atoms with Crippen LogP contribution in [0.1, 0.15) is 25.2 Å². The number of nitrogens with zero attached hydrogens (tertiary/aromatic N) is 2. The first-order valence-electron chi connectivity index (χ1n) is 5.68. The van der Waals surface area contributed by atoms with Gasteiger partial charge in [0.25, 0.3) is 0 Å². The summed E-state index contributed by atoms with van der Waals surface area (Å²) in [6.07, 6.45) is 0.928. The molecule has 0 aromatic carbocycles. The molecule has 0 aliphatic carbocycles. The summed E-state index contributed by atoms with van der Waals surface area (Å²) in [4.78, 5) is 0. The average molecular weight is 387 g/mol. The third-order valence-corrected chi connectivity index (χ3v) is 6.26. The summed E-state index contributed by atoms with van der Waals surface area (Å²) < 4.78 is 1.90. The van der Waals surface area contributed by atoms with Gasteiger partial charge < -0.3 is 0 Å². The van der Waals surface area contributed by atoms with Crippen LogP contribution in [0.3, 0.4) is 0 Å². The Morgan fingerprint density at radius 3 is 2.18 bits per heavy atom. The van der Waals surface area contributed by atoms with Crippen molar-refractivity contribution in [3.63, 3.8) is 0 Å². The molecule has 0 amide bonds. The van der Waals surface area contributed by atoms with Crippen LogP contribution >= 0.6 is 43.5 Å². The maximum Gasteiger partial charge on any atom is 0.0847 e. The molecular weight excluding hydrogens is 367 g/mol. The van der Waals surface area contributed by atoms with Crippen LogP contribution in [0.2, 0.25) is 5.02 Å². The molecule has 98 valence electrons. The van der Waals surface area contributed by atoms with Crippen molar-refractivity contribution in [2.75, 3.05) is 10.7 Å². The van der Waals surface area contributed by atoms with Gasteiger partial charge in [-0.05, 0) is 24.7 Å². The van der Waals surface area contributed by atoms with Gasteiger partial charge in [0, 0.05) is 17.7 Å². The number of hydrogen-bond acceptors (Lipinski definition) is 1. The Balaban J connectivity index is 3.10. The molecule has 0 saturated heterocycles. The average Bonchev–Trinajstić information content (AvgIpc) is 2.51. The standard InChI is InChI=1S/C12H19Br2ClN2/c1-8(2)12(6-13,7-14)5-10-11(15)9(3)16-17(10)4/h8H,5-7H2,1-4H3. The molecule has 0 unspecified atom stereocenters. The number of rotatable bonds is 5. The zero-order valence-electron chi connectivity index (χ0n) is 10.7. The minimum absolute atomic E-state index is 0.171. The van der Waals surface area contributed by atoms with Crippen molar-refractivity contribution >= 4 is 43.5 Å². The maximum absolute atomic E-state index is 6.32. The quantitative estimate of drug-likeness (QED) is 0.688. The van der Waals surface area contributed by atoms with Gasteiger partial charge in [-0.15, -0.1) is 0 Å². The Hall–Kier alpha value is 0.460. The fourth-order valence-electron chi connectivity index (χ4n) is 1.85. The predicted molar refractivity (Wildman–Crippen MR) is 81.5 cm³/mol. The Kier molecular flexibility index (Phi) is 5.54. The maximum atomic E-state index is 6.32. The summed E-state index contributed by atoms with van der Waals surface area (Å²) in [5.74, 6) is 0.563. The van der Waals surface area contributed by atoms with E-state index in [1.807, 2.05) is 18.7 Å². The first kappa shape index (κ1) is 15.5. The van der Waals surface area contributed by atoms with E-state index in [-0.39, 0.29) is 5.41 Å². The number of hydrogen-bond donors (Lipinski definition) is 0. The molecule has 1 aromatic rings. The lowest BCUT2D eigenvalue weighted by Gasteiger charge is -2.34. The molecule has 0 N–H and O–H groups in total. The summed E-state index contributed by atoms with van der Waals surface area (Å²) >= 11 is 13.6. The van der Waals surface area contributed by atoms with E-state index < -0.39 is 0 Å². The molecule has 0 atom stereocenters. The molecule has 0 fully saturated rings. The van der Waals surface area contributed by atoms with Crippen molar-refractivity contribution in [2.24, 2.45) is 18.4 Å². The van der Waals surface area contributed by atoms with Crippen molar-refractivity contribution in [1.29, 1.82) is 0 Å². The topological polar surface area (TPSA) is 17.8 Å². The molecule has 1 heterocycles. The van der Waals surface area contributed by atoms with Gasteiger partial charge in [0.1, 0.15) is 0 Å². The number of halogens is 3. The zero-order chi connectivity index (χ0) is 13.2. The van der Waals surface area contributed by atoms with Gasteiger partial charge >= 0.3 is 0 Å². The van der Waals surface area contributed by atoms with E-state index in [9.17, 15) is 0 Å². The van der Waals surface area contributed by atoms with Gasteiger partial charge in [0.15, 0.2) is 0 Å². The highest BCUT2D eigenvalue weighted by molar-refractivity contribution is 9.09. The van der Waals surface area contributed by atoms with Crippen LogP contribution < -0.4 is 0 Å². The lowest BCUT2D eigenvalue weighted by molar-refractivity contribution is 0.262. The number of alkyl halides is 2. The summed E-state index contributed by atoms with van der Waals surface area (Å²) in [5, 5.41) is 7.08. The van der Waals surface area contributed by atoms with Gasteiger partial charge in [0.05, 0.1) is 16.4 Å². The Bertz CT molecular complexity index is 384. The van der Waals surface area contributed by atoms with Gasteiger partial charge in [-0.3, -0.25) is 4.68 Å². The van der Waals surface area contributed by atoms with E-state index in [1.165, 1.54) is 0 Å². The number of aromatic nitrogens is 2. The summed E-state index contributed by atoms with van der Waals surface area (Å²) in [6.45, 7) is 6.45. The molecule has 17 heavy (non-hydrogen) atoms. The molecule has 0 spiro atoms. The van der Waals surface area contributed by atoms with E-state index in [4.69, 9.17) is 11.6 Å². The van der Waals surface area contributed by atoms with Crippen molar-refractivity contribution in [1.82, 2.24) is 9.78 Å². The predicted octanol–water partition coefficient (Wildman–Crippen LogP) is 4.36. The van der Waals surface area contributed by atoms with Crippen LogP contribution in [-0.4, -0.2) is 20.4 Å². The second-order valence-electron chi connectivity index (χ2n) is 4.93. The van der Waals surface area contributed by atoms with Crippen LogP contribution in [0.5, 0.6) is 0 Å². The smallest absolute Gasteiger partial charge is 0.0847 e. The van der Waals surface area contributed by atoms with E-state index in [0.29, 0.717) is 5.92 Å². The molecule has 0 aliphatic heterocycles. The molecule has 1 aromatic heterocycles. The van der Waals surface area contributed by atoms with Crippen molar-refractivity contribution in [2.45, 2.75) is 27.2 Å². The molecule has 0 bridgehead atoms. The highest BCUT2D eigenvalue weighted by atomic mass is 79.9. The van der Waals surface area contributed by atoms with Crippen molar-refractivity contribution in [3.05, 3.63) is 16.4 Å². The Labute approximate surface area is 125 Å². The number of aryl methyl sites for hydroxylation is 2. The van der Waals surface area contributed by atoms with Crippen LogP contribution in [-0.2, 0) is 13.5 Å². The van der Waals surface area contributed by atoms with E-state index in [2.05, 4.69) is 50.8 Å². The van der Waals surface area contributed by atoms with Gasteiger partial charge in [-0.1, -0.05) is 57.3 Å². The van der Waals surface area contributed by atoms with E-state index in [0.717, 1.165) is 33.5 Å². The third-order valence-electron chi connectivity index (χ3n) is 3.54. The van der Waals surface area contributed by atoms with Crippen LogP contribution in [0.15, 0.2) is 0 Å². The molecule has 0 saturated carbocycles. The fourth-order valence-corrected chi connectivity index (χ4v) is 4.70. The Morgan fingerprint density at radius 1 is 1.35 bits per heavy atom. The van der Waals surface area contributed by atoms with Gasteiger partial charge in [-0.2, -0.15) is 5.10 Å². The summed E-state index contributed by atoms with van der Waals surface area (Å²) in [6, 6.07) is 0. The molecule has 5 heteroatoms. The van der Waals surface area contributed by atoms with Gasteiger partial charge in [-0.25, -0.2) is 0 Å². The normalized spacial score (nSPS) is 12.5. The second kappa shape index (κ2) is 6.07. The van der Waals surface area contributed by atoms with Gasteiger partial charge in [0.2, 0.25) is 0 Å². The molecular formula is C12H19Br2ClN2. The zero-order valence-corrected chi connectivity index (χ0v) is 14.7.